The van der Waals surface area contributed by atoms with Crippen molar-refractivity contribution in [3.05, 3.63) is 29.8 Å². The Morgan fingerprint density at radius 1 is 1.20 bits per heavy atom. The molecule has 1 aromatic carbocycles. The molecule has 112 valence electrons. The number of hydrogen-bond donors (Lipinski definition) is 3. The van der Waals surface area contributed by atoms with Crippen molar-refractivity contribution in [2.45, 2.75) is 36.4 Å². The third-order valence-electron chi connectivity index (χ3n) is 3.00. The molecule has 0 radical (unpaired) electrons. The molecule has 4 atom stereocenters. The number of aryl methyl sites for hydroxylation is 1. The smallest absolute Gasteiger partial charge is 0.297 e. The standard InChI is InChI=1S/C12H16O7S/c1-7-2-4-8(5-3-7)20(16,17)19-11-10(14)9(13)6-18-12(11)15/h2-5,9-15H,6H2,1H3/t9-,10+,11-,12+/m1/s1. The zero-order valence-electron chi connectivity index (χ0n) is 10.7. The van der Waals surface area contributed by atoms with E-state index < -0.39 is 34.7 Å². The van der Waals surface area contributed by atoms with E-state index in [9.17, 15) is 23.7 Å². The number of aliphatic hydroxyl groups is 3. The van der Waals surface area contributed by atoms with Gasteiger partial charge in [0.05, 0.1) is 11.5 Å². The summed E-state index contributed by atoms with van der Waals surface area (Å²) >= 11 is 0. The van der Waals surface area contributed by atoms with Gasteiger partial charge in [0.2, 0.25) is 0 Å². The maximum atomic E-state index is 12.0. The Balaban J connectivity index is 2.20. The zero-order chi connectivity index (χ0) is 14.9. The Morgan fingerprint density at radius 2 is 1.80 bits per heavy atom. The van der Waals surface area contributed by atoms with E-state index in [1.165, 1.54) is 12.1 Å². The molecule has 1 aliphatic rings. The van der Waals surface area contributed by atoms with Crippen molar-refractivity contribution >= 4 is 10.1 Å². The minimum Gasteiger partial charge on any atom is -0.388 e. The van der Waals surface area contributed by atoms with E-state index in [1.54, 1.807) is 19.1 Å². The average molecular weight is 304 g/mol. The van der Waals surface area contributed by atoms with Crippen LogP contribution >= 0.6 is 0 Å². The van der Waals surface area contributed by atoms with Crippen LogP contribution in [0.25, 0.3) is 0 Å². The van der Waals surface area contributed by atoms with Gasteiger partial charge in [-0.25, -0.2) is 0 Å². The number of hydrogen-bond acceptors (Lipinski definition) is 7. The fourth-order valence-electron chi connectivity index (χ4n) is 1.79. The van der Waals surface area contributed by atoms with E-state index in [0.717, 1.165) is 5.56 Å². The van der Waals surface area contributed by atoms with Gasteiger partial charge >= 0.3 is 0 Å². The highest BCUT2D eigenvalue weighted by Gasteiger charge is 2.41. The van der Waals surface area contributed by atoms with Gasteiger partial charge < -0.3 is 20.1 Å². The topological polar surface area (TPSA) is 113 Å². The Hall–Kier alpha value is -1.03. The fraction of sp³-hybridized carbons (Fsp3) is 0.500. The minimum atomic E-state index is -4.18. The highest BCUT2D eigenvalue weighted by Crippen LogP contribution is 2.22. The summed E-state index contributed by atoms with van der Waals surface area (Å²) in [5, 5.41) is 28.6. The molecule has 0 amide bonds. The first-order valence-electron chi connectivity index (χ1n) is 5.97. The second kappa shape index (κ2) is 5.76. The Bertz CT molecular complexity index is 554. The van der Waals surface area contributed by atoms with Crippen LogP contribution in [0.5, 0.6) is 0 Å². The molecule has 1 aromatic rings. The largest absolute Gasteiger partial charge is 0.388 e. The summed E-state index contributed by atoms with van der Waals surface area (Å²) < 4.78 is 33.6. The molecule has 3 N–H and O–H groups in total. The quantitative estimate of drug-likeness (QED) is 0.623. The van der Waals surface area contributed by atoms with E-state index in [4.69, 9.17) is 8.92 Å². The van der Waals surface area contributed by atoms with Gasteiger partial charge in [-0.2, -0.15) is 8.42 Å². The SMILES string of the molecule is Cc1ccc(S(=O)(=O)O[C@@H]2[C@@H](O)[C@H](O)CO[C@@H]2O)cc1. The molecule has 0 saturated carbocycles. The molecule has 1 aliphatic heterocycles. The van der Waals surface area contributed by atoms with Crippen LogP contribution in [0.1, 0.15) is 5.56 Å². The van der Waals surface area contributed by atoms with Crippen LogP contribution in [-0.4, -0.2) is 54.9 Å². The second-order valence-corrected chi connectivity index (χ2v) is 6.18. The highest BCUT2D eigenvalue weighted by molar-refractivity contribution is 7.86. The molecule has 0 unspecified atom stereocenters. The summed E-state index contributed by atoms with van der Waals surface area (Å²) in [5.41, 5.74) is 0.875. The first kappa shape index (κ1) is 15.4. The van der Waals surface area contributed by atoms with E-state index in [-0.39, 0.29) is 11.5 Å². The van der Waals surface area contributed by atoms with Gasteiger partial charge in [0, 0.05) is 0 Å². The van der Waals surface area contributed by atoms with E-state index in [2.05, 4.69) is 0 Å². The average Bonchev–Trinajstić information content (AvgIpc) is 2.40. The number of benzene rings is 1. The van der Waals surface area contributed by atoms with Crippen molar-refractivity contribution in [2.75, 3.05) is 6.61 Å². The molecule has 0 spiro atoms. The van der Waals surface area contributed by atoms with Crippen LogP contribution in [0.3, 0.4) is 0 Å². The summed E-state index contributed by atoms with van der Waals surface area (Å²) in [5.74, 6) is 0. The third-order valence-corrected chi connectivity index (χ3v) is 4.32. The van der Waals surface area contributed by atoms with Crippen LogP contribution < -0.4 is 0 Å². The van der Waals surface area contributed by atoms with Gasteiger partial charge in [-0.3, -0.25) is 4.18 Å². The van der Waals surface area contributed by atoms with Crippen LogP contribution in [-0.2, 0) is 19.0 Å². The molecule has 1 saturated heterocycles. The van der Waals surface area contributed by atoms with Gasteiger partial charge in [0.15, 0.2) is 12.4 Å². The van der Waals surface area contributed by atoms with Crippen molar-refractivity contribution in [2.24, 2.45) is 0 Å². The van der Waals surface area contributed by atoms with Gasteiger partial charge in [-0.1, -0.05) is 17.7 Å². The van der Waals surface area contributed by atoms with Crippen molar-refractivity contribution in [3.8, 4) is 0 Å². The number of rotatable bonds is 3. The van der Waals surface area contributed by atoms with Gasteiger partial charge in [-0.05, 0) is 19.1 Å². The molecule has 2 rings (SSSR count). The lowest BCUT2D eigenvalue weighted by atomic mass is 10.1. The van der Waals surface area contributed by atoms with Crippen LogP contribution in [0, 0.1) is 6.92 Å². The molecule has 1 heterocycles. The predicted molar refractivity (Wildman–Crippen MR) is 67.2 cm³/mol. The Labute approximate surface area is 116 Å². The van der Waals surface area contributed by atoms with Crippen molar-refractivity contribution in [1.82, 2.24) is 0 Å². The maximum absolute atomic E-state index is 12.0. The van der Waals surface area contributed by atoms with Crippen molar-refractivity contribution in [3.63, 3.8) is 0 Å². The number of aliphatic hydroxyl groups excluding tert-OH is 3. The monoisotopic (exact) mass is 304 g/mol. The lowest BCUT2D eigenvalue weighted by molar-refractivity contribution is -0.244. The summed E-state index contributed by atoms with van der Waals surface area (Å²) in [7, 11) is -4.18. The Kier molecular flexibility index (Phi) is 4.43. The summed E-state index contributed by atoms with van der Waals surface area (Å²) in [6.07, 6.45) is -6.09. The third kappa shape index (κ3) is 3.17. The summed E-state index contributed by atoms with van der Waals surface area (Å²) in [6, 6.07) is 5.89. The Morgan fingerprint density at radius 3 is 2.40 bits per heavy atom. The molecule has 1 fully saturated rings. The van der Waals surface area contributed by atoms with Crippen LogP contribution in [0.4, 0.5) is 0 Å². The molecule has 20 heavy (non-hydrogen) atoms. The molecule has 0 aromatic heterocycles. The van der Waals surface area contributed by atoms with Crippen LogP contribution in [0.2, 0.25) is 0 Å². The van der Waals surface area contributed by atoms with Crippen molar-refractivity contribution in [1.29, 1.82) is 0 Å². The van der Waals surface area contributed by atoms with Gasteiger partial charge in [-0.15, -0.1) is 0 Å². The molecule has 8 heteroatoms. The maximum Gasteiger partial charge on any atom is 0.297 e. The molecule has 0 aliphatic carbocycles. The first-order chi connectivity index (χ1) is 9.31. The normalized spacial score (nSPS) is 31.2. The lowest BCUT2D eigenvalue weighted by Gasteiger charge is -2.34. The highest BCUT2D eigenvalue weighted by atomic mass is 32.2. The predicted octanol–water partition coefficient (Wildman–Crippen LogP) is -0.861. The molecule has 0 bridgehead atoms. The summed E-state index contributed by atoms with van der Waals surface area (Å²) in [6.45, 7) is 1.50. The summed E-state index contributed by atoms with van der Waals surface area (Å²) in [4.78, 5) is -0.109. The van der Waals surface area contributed by atoms with Crippen molar-refractivity contribution < 1.29 is 32.7 Å². The molecule has 7 nitrogen and oxygen atoms in total. The number of ether oxygens (including phenoxy) is 1. The van der Waals surface area contributed by atoms with Gasteiger partial charge in [0.25, 0.3) is 10.1 Å². The lowest BCUT2D eigenvalue weighted by Crippen LogP contribution is -2.54. The van der Waals surface area contributed by atoms with E-state index in [1.807, 2.05) is 0 Å². The van der Waals surface area contributed by atoms with Gasteiger partial charge in [0.1, 0.15) is 12.2 Å². The first-order valence-corrected chi connectivity index (χ1v) is 7.38. The second-order valence-electron chi connectivity index (χ2n) is 4.61. The van der Waals surface area contributed by atoms with E-state index >= 15 is 0 Å². The van der Waals surface area contributed by atoms with E-state index in [0.29, 0.717) is 0 Å². The minimum absolute atomic E-state index is 0.109. The molecular weight excluding hydrogens is 288 g/mol. The molecular formula is C12H16O7S. The fourth-order valence-corrected chi connectivity index (χ4v) is 2.87. The van der Waals surface area contributed by atoms with Crippen LogP contribution in [0.15, 0.2) is 29.2 Å². The zero-order valence-corrected chi connectivity index (χ0v) is 11.5.